The Bertz CT molecular complexity index is 2040. The van der Waals surface area contributed by atoms with Gasteiger partial charge in [-0.2, -0.15) is 15.3 Å². The average Bonchev–Trinajstić information content (AvgIpc) is 3.75. The summed E-state index contributed by atoms with van der Waals surface area (Å²) in [4.78, 5) is 9.51. The predicted molar refractivity (Wildman–Crippen MR) is 188 cm³/mol. The molecule has 0 saturated carbocycles. The fourth-order valence-corrected chi connectivity index (χ4v) is 6.98. The van der Waals surface area contributed by atoms with Crippen LogP contribution in [0.25, 0.3) is 38.9 Å². The topological polar surface area (TPSA) is 113 Å². The molecule has 1 saturated heterocycles. The number of hydrogen-bond donors (Lipinski definition) is 2. The Morgan fingerprint density at radius 2 is 1.56 bits per heavy atom. The first-order valence-corrected chi connectivity index (χ1v) is 16.9. The van der Waals surface area contributed by atoms with Gasteiger partial charge in [0.2, 0.25) is 0 Å². The van der Waals surface area contributed by atoms with Gasteiger partial charge in [-0.1, -0.05) is 56.3 Å². The quantitative estimate of drug-likeness (QED) is 0.220. The lowest BCUT2D eigenvalue weighted by molar-refractivity contribution is 0.0691. The second-order valence-corrected chi connectivity index (χ2v) is 13.5. The summed E-state index contributed by atoms with van der Waals surface area (Å²) in [7, 11) is 2.14. The second kappa shape index (κ2) is 13.2. The highest BCUT2D eigenvalue weighted by molar-refractivity contribution is 5.94. The van der Waals surface area contributed by atoms with Gasteiger partial charge < -0.3 is 15.1 Å². The van der Waals surface area contributed by atoms with E-state index in [0.29, 0.717) is 25.3 Å². The molecule has 11 heteroatoms. The molecule has 1 aliphatic rings. The van der Waals surface area contributed by atoms with Gasteiger partial charge >= 0.3 is 0 Å². The number of piperazine rings is 1. The molecule has 48 heavy (non-hydrogen) atoms. The number of pyridine rings is 1. The zero-order chi connectivity index (χ0) is 33.5. The van der Waals surface area contributed by atoms with E-state index in [1.165, 1.54) is 5.56 Å². The van der Waals surface area contributed by atoms with Gasteiger partial charge in [0.25, 0.3) is 0 Å². The lowest BCUT2D eigenvalue weighted by Gasteiger charge is -2.33. The molecule has 4 aromatic heterocycles. The van der Waals surface area contributed by atoms with E-state index in [4.69, 9.17) is 20.3 Å². The van der Waals surface area contributed by atoms with E-state index < -0.39 is 12.2 Å². The summed E-state index contributed by atoms with van der Waals surface area (Å²) in [5.74, 6) is 0.223. The van der Waals surface area contributed by atoms with Gasteiger partial charge in [0, 0.05) is 72.7 Å². The Morgan fingerprint density at radius 1 is 0.812 bits per heavy atom. The zero-order valence-electron chi connectivity index (χ0n) is 28.5. The van der Waals surface area contributed by atoms with Crippen LogP contribution in [0.5, 0.6) is 0 Å². The fraction of sp³-hybridized carbons (Fsp3) is 0.405. The third-order valence-corrected chi connectivity index (χ3v) is 9.53. The highest BCUT2D eigenvalue weighted by atomic mass is 16.3. The molecule has 2 atom stereocenters. The Morgan fingerprint density at radius 3 is 2.31 bits per heavy atom. The normalized spacial score (nSPS) is 16.0. The minimum absolute atomic E-state index is 0.223. The van der Waals surface area contributed by atoms with E-state index in [9.17, 15) is 10.2 Å². The number of aliphatic hydroxyl groups excluding tert-OH is 2. The summed E-state index contributed by atoms with van der Waals surface area (Å²) >= 11 is 0. The molecule has 250 valence electrons. The third-order valence-electron chi connectivity index (χ3n) is 9.53. The smallest absolute Gasteiger partial charge is 0.181 e. The summed E-state index contributed by atoms with van der Waals surface area (Å²) in [6.45, 7) is 13.9. The van der Waals surface area contributed by atoms with Crippen LogP contribution in [-0.4, -0.2) is 100 Å². The van der Waals surface area contributed by atoms with Crippen molar-refractivity contribution in [2.24, 2.45) is 0 Å². The van der Waals surface area contributed by atoms with Crippen molar-refractivity contribution in [3.8, 4) is 16.9 Å². The summed E-state index contributed by atoms with van der Waals surface area (Å²) in [6.07, 6.45) is 2.81. The number of aliphatic hydroxyl groups is 2. The standard InChI is InChI=1S/C37H45N9O2/c1-24(2)35-26(4)46(33-18-28-19-44(41-37(28)38-25(33)3)21-29(47)20-43-16-14-42(5)15-17-43)40-36(35)30-12-9-13-32-31(30)22-45(39-32)23-34(48)27-10-7-6-8-11-27/h6-13,18-19,22,24,29,34,47-48H,14-17,20-21,23H2,1-5H3/t29?,34-/m0/s1. The van der Waals surface area contributed by atoms with Crippen LogP contribution in [0.3, 0.4) is 0 Å². The minimum Gasteiger partial charge on any atom is -0.390 e. The fourth-order valence-electron chi connectivity index (χ4n) is 6.98. The van der Waals surface area contributed by atoms with Gasteiger partial charge in [-0.15, -0.1) is 0 Å². The van der Waals surface area contributed by atoms with E-state index in [-0.39, 0.29) is 5.92 Å². The van der Waals surface area contributed by atoms with Crippen molar-refractivity contribution in [1.82, 2.24) is 44.1 Å². The average molecular weight is 648 g/mol. The molecule has 0 radical (unpaired) electrons. The van der Waals surface area contributed by atoms with E-state index in [1.807, 2.05) is 75.8 Å². The number of nitrogens with zero attached hydrogens (tertiary/aromatic N) is 9. The van der Waals surface area contributed by atoms with Crippen molar-refractivity contribution in [3.05, 3.63) is 89.5 Å². The molecular weight excluding hydrogens is 602 g/mol. The largest absolute Gasteiger partial charge is 0.390 e. The van der Waals surface area contributed by atoms with Crippen molar-refractivity contribution in [3.63, 3.8) is 0 Å². The number of aromatic nitrogens is 7. The predicted octanol–water partition coefficient (Wildman–Crippen LogP) is 4.72. The van der Waals surface area contributed by atoms with E-state index >= 15 is 0 Å². The Labute approximate surface area is 281 Å². The molecule has 1 fully saturated rings. The lowest BCUT2D eigenvalue weighted by Crippen LogP contribution is -2.47. The molecule has 5 heterocycles. The van der Waals surface area contributed by atoms with Crippen LogP contribution < -0.4 is 0 Å². The minimum atomic E-state index is -0.661. The SMILES string of the molecule is Cc1nc2nn(CC(O)CN3CCN(C)CC3)cc2cc1-n1nc(-c2cccc3nn(C[C@H](O)c4ccccc4)cc23)c(C(C)C)c1C. The molecular formula is C37H45N9O2. The molecule has 1 unspecified atom stereocenters. The van der Waals surface area contributed by atoms with E-state index in [1.54, 1.807) is 0 Å². The highest BCUT2D eigenvalue weighted by Crippen LogP contribution is 2.37. The van der Waals surface area contributed by atoms with Crippen LogP contribution >= 0.6 is 0 Å². The van der Waals surface area contributed by atoms with Gasteiger partial charge in [0.15, 0.2) is 5.65 Å². The Hall–Kier alpha value is -4.42. The molecule has 0 bridgehead atoms. The first kappa shape index (κ1) is 32.1. The van der Waals surface area contributed by atoms with Gasteiger partial charge in [-0.05, 0) is 44.5 Å². The van der Waals surface area contributed by atoms with Gasteiger partial charge in [0.1, 0.15) is 0 Å². The molecule has 0 spiro atoms. The van der Waals surface area contributed by atoms with Gasteiger partial charge in [-0.25, -0.2) is 9.67 Å². The highest BCUT2D eigenvalue weighted by Gasteiger charge is 2.24. The van der Waals surface area contributed by atoms with Crippen molar-refractivity contribution >= 4 is 21.9 Å². The summed E-state index contributed by atoms with van der Waals surface area (Å²) in [5, 5.41) is 38.4. The van der Waals surface area contributed by atoms with E-state index in [0.717, 1.165) is 76.4 Å². The summed E-state index contributed by atoms with van der Waals surface area (Å²) in [6, 6.07) is 17.9. The van der Waals surface area contributed by atoms with Crippen molar-refractivity contribution < 1.29 is 10.2 Å². The van der Waals surface area contributed by atoms with Crippen LogP contribution in [0.2, 0.25) is 0 Å². The molecule has 1 aliphatic heterocycles. The second-order valence-electron chi connectivity index (χ2n) is 13.5. The maximum Gasteiger partial charge on any atom is 0.181 e. The monoisotopic (exact) mass is 647 g/mol. The first-order valence-electron chi connectivity index (χ1n) is 16.9. The molecule has 2 N–H and O–H groups in total. The molecule has 2 aromatic carbocycles. The number of aryl methyl sites for hydroxylation is 1. The van der Waals surface area contributed by atoms with Crippen molar-refractivity contribution in [2.45, 2.75) is 58.9 Å². The van der Waals surface area contributed by atoms with Gasteiger partial charge in [0.05, 0.1) is 47.9 Å². The van der Waals surface area contributed by atoms with Gasteiger partial charge in [-0.3, -0.25) is 14.3 Å². The van der Waals surface area contributed by atoms with Crippen LogP contribution in [0, 0.1) is 13.8 Å². The third kappa shape index (κ3) is 6.38. The van der Waals surface area contributed by atoms with Crippen LogP contribution in [0.1, 0.15) is 48.4 Å². The first-order chi connectivity index (χ1) is 23.1. The zero-order valence-corrected chi connectivity index (χ0v) is 28.5. The van der Waals surface area contributed by atoms with E-state index in [2.05, 4.69) is 49.8 Å². The van der Waals surface area contributed by atoms with Crippen LogP contribution in [0.15, 0.2) is 67.0 Å². The number of rotatable bonds is 10. The molecule has 0 amide bonds. The van der Waals surface area contributed by atoms with Crippen molar-refractivity contribution in [1.29, 1.82) is 0 Å². The molecule has 7 rings (SSSR count). The number of likely N-dealkylation sites (N-methyl/N-ethyl adjacent to an activating group) is 1. The molecule has 6 aromatic rings. The molecule has 11 nitrogen and oxygen atoms in total. The van der Waals surface area contributed by atoms with Crippen LogP contribution in [0.4, 0.5) is 0 Å². The number of β-amino-alcohol motifs (C(OH)–C–C–N with tert-alkyl or cyclic N) is 1. The number of benzene rings is 2. The van der Waals surface area contributed by atoms with Crippen molar-refractivity contribution in [2.75, 3.05) is 39.8 Å². The number of fused-ring (bicyclic) bond motifs is 2. The Kier molecular flexibility index (Phi) is 8.86. The summed E-state index contributed by atoms with van der Waals surface area (Å²) in [5.41, 5.74) is 8.26. The molecule has 0 aliphatic carbocycles. The lowest BCUT2D eigenvalue weighted by atomic mass is 9.95. The number of hydrogen-bond acceptors (Lipinski definition) is 8. The Balaban J connectivity index is 1.19. The maximum absolute atomic E-state index is 10.9. The summed E-state index contributed by atoms with van der Waals surface area (Å²) < 4.78 is 5.65. The van der Waals surface area contributed by atoms with Crippen LogP contribution in [-0.2, 0) is 13.1 Å². The maximum atomic E-state index is 10.9.